The van der Waals surface area contributed by atoms with Gasteiger partial charge < -0.3 is 19.4 Å². The van der Waals surface area contributed by atoms with Crippen LogP contribution in [0.25, 0.3) is 0 Å². The summed E-state index contributed by atoms with van der Waals surface area (Å²) in [5.41, 5.74) is 0.571. The van der Waals surface area contributed by atoms with Crippen LogP contribution in [0, 0.1) is 5.92 Å². The normalized spacial score (nSPS) is 11.9. The van der Waals surface area contributed by atoms with Crippen LogP contribution in [0.4, 0.5) is 0 Å². The number of hydrogen-bond donors (Lipinski definition) is 1. The van der Waals surface area contributed by atoms with Gasteiger partial charge in [0.15, 0.2) is 11.0 Å². The number of ether oxygens (including phenoxy) is 2. The maximum atomic E-state index is 12.8. The molecule has 1 N–H and O–H groups in total. The molecular formula is C23H28N4O3S. The summed E-state index contributed by atoms with van der Waals surface area (Å²) in [5, 5.41) is 12.6. The highest BCUT2D eigenvalue weighted by molar-refractivity contribution is 7.99. The zero-order valence-electron chi connectivity index (χ0n) is 18.2. The van der Waals surface area contributed by atoms with E-state index in [4.69, 9.17) is 9.47 Å². The Hall–Kier alpha value is -3.00. The molecule has 2 aromatic carbocycles. The fourth-order valence-electron chi connectivity index (χ4n) is 3.03. The van der Waals surface area contributed by atoms with E-state index >= 15 is 0 Å². The van der Waals surface area contributed by atoms with Crippen molar-refractivity contribution in [3.8, 4) is 11.5 Å². The second-order valence-corrected chi connectivity index (χ2v) is 8.40. The van der Waals surface area contributed by atoms with E-state index in [1.807, 2.05) is 55.8 Å². The minimum Gasteiger partial charge on any atom is -0.497 e. The number of para-hydroxylation sites is 1. The van der Waals surface area contributed by atoms with Gasteiger partial charge in [0.05, 0.1) is 19.8 Å². The highest BCUT2D eigenvalue weighted by atomic mass is 32.2. The van der Waals surface area contributed by atoms with Crippen LogP contribution in [-0.4, -0.2) is 40.1 Å². The Balaban J connectivity index is 1.62. The first-order chi connectivity index (χ1) is 15.0. The summed E-state index contributed by atoms with van der Waals surface area (Å²) in [6.07, 6.45) is 0. The van der Waals surface area contributed by atoms with Gasteiger partial charge in [-0.05, 0) is 42.3 Å². The van der Waals surface area contributed by atoms with E-state index in [-0.39, 0.29) is 17.9 Å². The van der Waals surface area contributed by atoms with Crippen molar-refractivity contribution in [2.45, 2.75) is 25.0 Å². The average Bonchev–Trinajstić information content (AvgIpc) is 3.15. The maximum absolute atomic E-state index is 12.8. The van der Waals surface area contributed by atoms with Gasteiger partial charge >= 0.3 is 0 Å². The Morgan fingerprint density at radius 2 is 1.77 bits per heavy atom. The van der Waals surface area contributed by atoms with Gasteiger partial charge in [0, 0.05) is 18.4 Å². The molecular weight excluding hydrogens is 412 g/mol. The van der Waals surface area contributed by atoms with E-state index in [2.05, 4.69) is 15.5 Å². The maximum Gasteiger partial charge on any atom is 0.251 e. The highest BCUT2D eigenvalue weighted by Crippen LogP contribution is 2.25. The highest BCUT2D eigenvalue weighted by Gasteiger charge is 2.25. The summed E-state index contributed by atoms with van der Waals surface area (Å²) in [5.74, 6) is 3.01. The number of rotatable bonds is 10. The lowest BCUT2D eigenvalue weighted by molar-refractivity contribution is 0.0922. The molecule has 0 radical (unpaired) electrons. The third-order valence-corrected chi connectivity index (χ3v) is 5.76. The molecule has 0 aliphatic heterocycles. The van der Waals surface area contributed by atoms with Gasteiger partial charge in [-0.2, -0.15) is 0 Å². The third kappa shape index (κ3) is 6.01. The van der Waals surface area contributed by atoms with Gasteiger partial charge in [0.1, 0.15) is 11.5 Å². The van der Waals surface area contributed by atoms with Gasteiger partial charge in [0.25, 0.3) is 5.91 Å². The zero-order valence-corrected chi connectivity index (χ0v) is 19.1. The Morgan fingerprint density at radius 1 is 1.06 bits per heavy atom. The number of amides is 1. The van der Waals surface area contributed by atoms with Crippen molar-refractivity contribution in [3.05, 3.63) is 66.0 Å². The molecule has 1 atom stereocenters. The molecule has 0 unspecified atom stereocenters. The van der Waals surface area contributed by atoms with Gasteiger partial charge in [-0.25, -0.2) is 0 Å². The largest absolute Gasteiger partial charge is 0.497 e. The van der Waals surface area contributed by atoms with Crippen LogP contribution in [-0.2, 0) is 7.05 Å². The lowest BCUT2D eigenvalue weighted by Gasteiger charge is -2.21. The molecule has 0 bridgehead atoms. The Bertz CT molecular complexity index is 974. The van der Waals surface area contributed by atoms with Crippen LogP contribution in [0.15, 0.2) is 59.8 Å². The number of aromatic nitrogens is 3. The van der Waals surface area contributed by atoms with E-state index in [0.717, 1.165) is 22.5 Å². The Kier molecular flexibility index (Phi) is 7.94. The quantitative estimate of drug-likeness (QED) is 0.377. The second-order valence-electron chi connectivity index (χ2n) is 7.33. The molecule has 0 aliphatic carbocycles. The lowest BCUT2D eigenvalue weighted by atomic mass is 10.0. The van der Waals surface area contributed by atoms with Crippen molar-refractivity contribution in [3.63, 3.8) is 0 Å². The van der Waals surface area contributed by atoms with Crippen molar-refractivity contribution >= 4 is 17.7 Å². The smallest absolute Gasteiger partial charge is 0.251 e. The lowest BCUT2D eigenvalue weighted by Crippen LogP contribution is -2.33. The summed E-state index contributed by atoms with van der Waals surface area (Å²) in [7, 11) is 3.52. The Labute approximate surface area is 187 Å². The predicted molar refractivity (Wildman–Crippen MR) is 122 cm³/mol. The zero-order chi connectivity index (χ0) is 22.2. The average molecular weight is 441 g/mol. The summed E-state index contributed by atoms with van der Waals surface area (Å²) < 4.78 is 12.8. The van der Waals surface area contributed by atoms with E-state index in [0.29, 0.717) is 17.9 Å². The van der Waals surface area contributed by atoms with Crippen molar-refractivity contribution in [2.24, 2.45) is 13.0 Å². The van der Waals surface area contributed by atoms with E-state index in [9.17, 15) is 4.79 Å². The molecule has 1 aromatic heterocycles. The second kappa shape index (κ2) is 10.9. The van der Waals surface area contributed by atoms with Crippen molar-refractivity contribution in [2.75, 3.05) is 19.5 Å². The summed E-state index contributed by atoms with van der Waals surface area (Å²) in [6, 6.07) is 16.5. The van der Waals surface area contributed by atoms with E-state index < -0.39 is 0 Å². The number of nitrogens with zero attached hydrogens (tertiary/aromatic N) is 3. The molecule has 0 fully saturated rings. The number of hydrogen-bond acceptors (Lipinski definition) is 6. The first kappa shape index (κ1) is 22.7. The van der Waals surface area contributed by atoms with Crippen LogP contribution in [0.3, 0.4) is 0 Å². The molecule has 0 aliphatic rings. The van der Waals surface area contributed by atoms with Crippen LogP contribution < -0.4 is 14.8 Å². The first-order valence-electron chi connectivity index (χ1n) is 10.1. The van der Waals surface area contributed by atoms with Crippen LogP contribution in [0.1, 0.15) is 36.1 Å². The molecule has 31 heavy (non-hydrogen) atoms. The first-order valence-corrected chi connectivity index (χ1v) is 11.1. The third-order valence-electron chi connectivity index (χ3n) is 4.78. The molecule has 3 rings (SSSR count). The summed E-state index contributed by atoms with van der Waals surface area (Å²) in [4.78, 5) is 12.8. The molecule has 164 valence electrons. The molecule has 8 heteroatoms. The van der Waals surface area contributed by atoms with Crippen LogP contribution in [0.5, 0.6) is 11.5 Å². The van der Waals surface area contributed by atoms with Crippen molar-refractivity contribution in [1.29, 1.82) is 0 Å². The van der Waals surface area contributed by atoms with Crippen molar-refractivity contribution in [1.82, 2.24) is 20.1 Å². The predicted octanol–water partition coefficient (Wildman–Crippen LogP) is 4.12. The Morgan fingerprint density at radius 3 is 2.42 bits per heavy atom. The number of carbonyl (C=O) groups excluding carboxylic acids is 1. The molecule has 0 saturated carbocycles. The van der Waals surface area contributed by atoms with Gasteiger partial charge in [0.2, 0.25) is 0 Å². The standard InChI is InChI=1S/C23H28N4O3S/c1-16(2)20(24-22(28)17-10-12-18(29-4)13-11-17)21-25-26-23(27(21)3)31-15-14-30-19-8-6-5-7-9-19/h5-13,16,20H,14-15H2,1-4H3,(H,24,28)/t20-/m1/s1. The minimum atomic E-state index is -0.262. The number of thioether (sulfide) groups is 1. The van der Waals surface area contributed by atoms with Gasteiger partial charge in [-0.1, -0.05) is 43.8 Å². The fourth-order valence-corrected chi connectivity index (χ4v) is 3.76. The van der Waals surface area contributed by atoms with E-state index in [1.165, 1.54) is 0 Å². The molecule has 7 nitrogen and oxygen atoms in total. The summed E-state index contributed by atoms with van der Waals surface area (Å²) >= 11 is 1.57. The minimum absolute atomic E-state index is 0.143. The van der Waals surface area contributed by atoms with Crippen LogP contribution in [0.2, 0.25) is 0 Å². The topological polar surface area (TPSA) is 78.3 Å². The van der Waals surface area contributed by atoms with Crippen LogP contribution >= 0.6 is 11.8 Å². The summed E-state index contributed by atoms with van der Waals surface area (Å²) in [6.45, 7) is 4.67. The number of nitrogens with one attached hydrogen (secondary N) is 1. The van der Waals surface area contributed by atoms with E-state index in [1.54, 1.807) is 43.1 Å². The van der Waals surface area contributed by atoms with Gasteiger partial charge in [-0.15, -0.1) is 10.2 Å². The number of carbonyl (C=O) groups is 1. The monoisotopic (exact) mass is 440 g/mol. The molecule has 0 spiro atoms. The van der Waals surface area contributed by atoms with Gasteiger partial charge in [-0.3, -0.25) is 4.79 Å². The SMILES string of the molecule is COc1ccc(C(=O)N[C@@H](c2nnc(SCCOc3ccccc3)n2C)C(C)C)cc1. The molecule has 0 saturated heterocycles. The van der Waals surface area contributed by atoms with Crippen molar-refractivity contribution < 1.29 is 14.3 Å². The fraction of sp³-hybridized carbons (Fsp3) is 0.348. The molecule has 1 amide bonds. The molecule has 3 aromatic rings. The number of methoxy groups -OCH3 is 1. The molecule has 1 heterocycles. The number of benzene rings is 2.